The number of rotatable bonds is 8. The summed E-state index contributed by atoms with van der Waals surface area (Å²) in [7, 11) is 0. The first-order valence-electron chi connectivity index (χ1n) is 17.2. The fraction of sp³-hybridized carbons (Fsp3) is 0. The van der Waals surface area contributed by atoms with Gasteiger partial charge in [0.05, 0.1) is 0 Å². The Morgan fingerprint density at radius 3 is 0.660 bits per heavy atom. The van der Waals surface area contributed by atoms with Crippen molar-refractivity contribution in [2.24, 2.45) is 0 Å². The normalized spacial score (nSPS) is 10.8. The minimum absolute atomic E-state index is 1.16. The second kappa shape index (κ2) is 14.3. The average Bonchev–Trinajstić information content (AvgIpc) is 3.21. The van der Waals surface area contributed by atoms with Gasteiger partial charge in [-0.25, -0.2) is 0 Å². The van der Waals surface area contributed by atoms with E-state index in [1.54, 1.807) is 0 Å². The lowest BCUT2D eigenvalue weighted by Gasteiger charge is -2.21. The number of hydrogen-bond acceptors (Lipinski definition) is 0. The summed E-state index contributed by atoms with van der Waals surface area (Å²) >= 11 is 0. The first kappa shape index (κ1) is 30.8. The Kier molecular flexibility index (Phi) is 8.82. The van der Waals surface area contributed by atoms with E-state index < -0.39 is 0 Å². The smallest absolute Gasteiger partial charge is 0.00259 e. The van der Waals surface area contributed by atoms with E-state index in [1.165, 1.54) is 66.8 Å². The zero-order valence-corrected chi connectivity index (χ0v) is 27.8. The first-order valence-corrected chi connectivity index (χ1v) is 17.2. The first-order chi connectivity index (χ1) is 24.8. The van der Waals surface area contributed by atoms with E-state index in [0.29, 0.717) is 0 Å². The van der Waals surface area contributed by atoms with Crippen LogP contribution in [0, 0.1) is 0 Å². The Morgan fingerprint density at radius 1 is 0.180 bits per heavy atom. The molecule has 0 aromatic heterocycles. The van der Waals surface area contributed by atoms with Crippen molar-refractivity contribution in [2.75, 3.05) is 0 Å². The molecule has 50 heavy (non-hydrogen) atoms. The van der Waals surface area contributed by atoms with Crippen molar-refractivity contribution < 1.29 is 0 Å². The van der Waals surface area contributed by atoms with E-state index in [1.807, 2.05) is 0 Å². The predicted molar refractivity (Wildman–Crippen MR) is 213 cm³/mol. The highest BCUT2D eigenvalue weighted by atomic mass is 14.2. The lowest BCUT2D eigenvalue weighted by Crippen LogP contribution is -2.00. The van der Waals surface area contributed by atoms with Crippen LogP contribution in [0.1, 0.15) is 22.3 Å². The summed E-state index contributed by atoms with van der Waals surface area (Å²) in [6.07, 6.45) is 0. The second-order valence-electron chi connectivity index (χ2n) is 12.5. The van der Waals surface area contributed by atoms with Crippen LogP contribution in [0.2, 0.25) is 0 Å². The van der Waals surface area contributed by atoms with Gasteiger partial charge in [0.2, 0.25) is 0 Å². The van der Waals surface area contributed by atoms with Crippen LogP contribution in [0.4, 0.5) is 0 Å². The summed E-state index contributed by atoms with van der Waals surface area (Å²) in [5.74, 6) is 0. The fourth-order valence-corrected chi connectivity index (χ4v) is 6.85. The molecular weight excluding hydrogens is 601 g/mol. The Morgan fingerprint density at radius 2 is 0.400 bits per heavy atom. The Bertz CT molecular complexity index is 2070. The van der Waals surface area contributed by atoms with Crippen molar-refractivity contribution in [2.45, 2.75) is 0 Å². The predicted octanol–water partition coefficient (Wildman–Crippen LogP) is 13.4. The van der Waals surface area contributed by atoms with Gasteiger partial charge in [0.15, 0.2) is 0 Å². The molecule has 8 aromatic rings. The Balaban J connectivity index is 1.51. The summed E-state index contributed by atoms with van der Waals surface area (Å²) in [6, 6.07) is 78.8. The maximum atomic E-state index is 2.38. The molecular formula is C50H36. The maximum Gasteiger partial charge on any atom is -0.00259 e. The monoisotopic (exact) mass is 636 g/mol. The molecule has 0 nitrogen and oxygen atoms in total. The van der Waals surface area contributed by atoms with Gasteiger partial charge in [-0.1, -0.05) is 182 Å². The van der Waals surface area contributed by atoms with Crippen molar-refractivity contribution in [3.05, 3.63) is 241 Å². The molecule has 8 rings (SSSR count). The molecule has 0 spiro atoms. The minimum Gasteiger partial charge on any atom is -0.0622 e. The molecule has 0 heteroatoms. The van der Waals surface area contributed by atoms with Gasteiger partial charge in [-0.15, -0.1) is 0 Å². The number of benzene rings is 8. The largest absolute Gasteiger partial charge is 0.0622 e. The van der Waals surface area contributed by atoms with Crippen molar-refractivity contribution in [1.29, 1.82) is 0 Å². The fourth-order valence-electron chi connectivity index (χ4n) is 6.85. The summed E-state index contributed by atoms with van der Waals surface area (Å²) in [5.41, 5.74) is 16.5. The molecule has 0 fully saturated rings. The molecule has 8 aromatic carbocycles. The summed E-state index contributed by atoms with van der Waals surface area (Å²) in [4.78, 5) is 0. The third-order valence-electron chi connectivity index (χ3n) is 9.25. The van der Waals surface area contributed by atoms with E-state index in [4.69, 9.17) is 0 Å². The topological polar surface area (TPSA) is 0 Å². The lowest BCUT2D eigenvalue weighted by molar-refractivity contribution is 1.48. The molecule has 0 saturated heterocycles. The van der Waals surface area contributed by atoms with Crippen LogP contribution < -0.4 is 0 Å². The van der Waals surface area contributed by atoms with Gasteiger partial charge in [-0.05, 0) is 114 Å². The van der Waals surface area contributed by atoms with E-state index in [-0.39, 0.29) is 0 Å². The third kappa shape index (κ3) is 6.61. The summed E-state index contributed by atoms with van der Waals surface area (Å²) in [5, 5.41) is 0. The van der Waals surface area contributed by atoms with Crippen LogP contribution in [-0.4, -0.2) is 0 Å². The summed E-state index contributed by atoms with van der Waals surface area (Å²) < 4.78 is 0. The molecule has 0 atom stereocenters. The van der Waals surface area contributed by atoms with Crippen LogP contribution >= 0.6 is 0 Å². The molecule has 0 amide bonds. The van der Waals surface area contributed by atoms with E-state index in [0.717, 1.165) is 11.1 Å². The van der Waals surface area contributed by atoms with E-state index in [2.05, 4.69) is 218 Å². The molecule has 0 saturated carbocycles. The molecule has 236 valence electrons. The molecule has 0 aliphatic carbocycles. The van der Waals surface area contributed by atoms with Crippen LogP contribution in [0.3, 0.4) is 0 Å². The van der Waals surface area contributed by atoms with Crippen molar-refractivity contribution in [1.82, 2.24) is 0 Å². The minimum atomic E-state index is 1.16. The molecule has 0 unspecified atom stereocenters. The highest BCUT2D eigenvalue weighted by molar-refractivity contribution is 6.06. The summed E-state index contributed by atoms with van der Waals surface area (Å²) in [6.45, 7) is 0. The van der Waals surface area contributed by atoms with Gasteiger partial charge in [-0.3, -0.25) is 0 Å². The lowest BCUT2D eigenvalue weighted by atomic mass is 9.82. The van der Waals surface area contributed by atoms with Crippen molar-refractivity contribution in [3.8, 4) is 44.5 Å². The SMILES string of the molecule is c1ccc(C(=C(c2cc(-c3ccccc3)cc(-c3ccccc3)c2)c2cc(-c3ccccc3)cc(-c3ccccc3)c2)c2ccccc2)cc1. The van der Waals surface area contributed by atoms with E-state index >= 15 is 0 Å². The van der Waals surface area contributed by atoms with Gasteiger partial charge in [-0.2, -0.15) is 0 Å². The highest BCUT2D eigenvalue weighted by Crippen LogP contribution is 2.42. The molecule has 0 aliphatic heterocycles. The van der Waals surface area contributed by atoms with Crippen LogP contribution in [0.15, 0.2) is 218 Å². The van der Waals surface area contributed by atoms with Gasteiger partial charge < -0.3 is 0 Å². The van der Waals surface area contributed by atoms with Gasteiger partial charge in [0.1, 0.15) is 0 Å². The standard InChI is InChI=1S/C50H36/c1-7-19-37(20-8-1)43-31-44(38-21-9-2-10-22-38)34-47(33-43)50(49(41-27-15-5-16-28-41)42-29-17-6-18-30-42)48-35-45(39-23-11-3-12-24-39)32-46(36-48)40-25-13-4-14-26-40/h1-36H. The zero-order valence-electron chi connectivity index (χ0n) is 27.8. The molecule has 0 heterocycles. The van der Waals surface area contributed by atoms with Gasteiger partial charge in [0, 0.05) is 0 Å². The average molecular weight is 637 g/mol. The van der Waals surface area contributed by atoms with Crippen molar-refractivity contribution >= 4 is 11.1 Å². The molecule has 0 aliphatic rings. The van der Waals surface area contributed by atoms with Crippen LogP contribution in [0.5, 0.6) is 0 Å². The second-order valence-corrected chi connectivity index (χ2v) is 12.5. The number of hydrogen-bond donors (Lipinski definition) is 0. The van der Waals surface area contributed by atoms with Crippen molar-refractivity contribution in [3.63, 3.8) is 0 Å². The maximum absolute atomic E-state index is 2.38. The van der Waals surface area contributed by atoms with Crippen LogP contribution in [0.25, 0.3) is 55.7 Å². The molecule has 0 bridgehead atoms. The van der Waals surface area contributed by atoms with E-state index in [9.17, 15) is 0 Å². The zero-order chi connectivity index (χ0) is 33.5. The Labute approximate surface area is 295 Å². The molecule has 0 radical (unpaired) electrons. The van der Waals surface area contributed by atoms with Gasteiger partial charge >= 0.3 is 0 Å². The third-order valence-corrected chi connectivity index (χ3v) is 9.25. The Hall–Kier alpha value is -6.50. The highest BCUT2D eigenvalue weighted by Gasteiger charge is 2.20. The molecule has 0 N–H and O–H groups in total. The van der Waals surface area contributed by atoms with Gasteiger partial charge in [0.25, 0.3) is 0 Å². The van der Waals surface area contributed by atoms with Crippen LogP contribution in [-0.2, 0) is 0 Å². The quantitative estimate of drug-likeness (QED) is 0.146.